The van der Waals surface area contributed by atoms with Crippen LogP contribution in [0.1, 0.15) is 19.8 Å². The van der Waals surface area contributed by atoms with Crippen molar-refractivity contribution in [1.29, 1.82) is 5.26 Å². The smallest absolute Gasteiger partial charge is 0.0930 e. The third-order valence-corrected chi connectivity index (χ3v) is 2.71. The summed E-state index contributed by atoms with van der Waals surface area (Å²) in [6, 6.07) is 2.89. The molecule has 4 heteroatoms. The molecule has 0 saturated carbocycles. The van der Waals surface area contributed by atoms with Crippen LogP contribution in [0.3, 0.4) is 0 Å². The molecule has 86 valence electrons. The van der Waals surface area contributed by atoms with Crippen LogP contribution >= 0.6 is 0 Å². The lowest BCUT2D eigenvalue weighted by Crippen LogP contribution is -2.43. The Morgan fingerprint density at radius 3 is 2.40 bits per heavy atom. The molecular formula is C11H22N4. The standard InChI is InChI=1S/C11H22N4/c1-9(13-2)11(15-4)6-5-10(14-3)7-8-12/h7,9,11,13-15H,5-6H2,1-4H3/b10-7-. The molecule has 0 heterocycles. The highest BCUT2D eigenvalue weighted by molar-refractivity contribution is 5.11. The topological polar surface area (TPSA) is 59.9 Å². The fourth-order valence-corrected chi connectivity index (χ4v) is 1.50. The highest BCUT2D eigenvalue weighted by atomic mass is 15.0. The Morgan fingerprint density at radius 1 is 1.33 bits per heavy atom. The zero-order valence-electron chi connectivity index (χ0n) is 10.1. The second kappa shape index (κ2) is 8.27. The monoisotopic (exact) mass is 210 g/mol. The van der Waals surface area contributed by atoms with E-state index in [1.165, 1.54) is 0 Å². The van der Waals surface area contributed by atoms with Crippen LogP contribution in [0.15, 0.2) is 11.8 Å². The quantitative estimate of drug-likeness (QED) is 0.538. The third-order valence-electron chi connectivity index (χ3n) is 2.71. The first kappa shape index (κ1) is 13.9. The van der Waals surface area contributed by atoms with Gasteiger partial charge in [-0.2, -0.15) is 5.26 Å². The second-order valence-electron chi connectivity index (χ2n) is 3.56. The first-order valence-electron chi connectivity index (χ1n) is 5.30. The molecule has 15 heavy (non-hydrogen) atoms. The minimum absolute atomic E-state index is 0.422. The SMILES string of the molecule is CN/C(=C\C#N)CCC(NC)C(C)NC. The average molecular weight is 210 g/mol. The summed E-state index contributed by atoms with van der Waals surface area (Å²) in [5.74, 6) is 0. The van der Waals surface area contributed by atoms with Crippen molar-refractivity contribution in [2.75, 3.05) is 21.1 Å². The van der Waals surface area contributed by atoms with Gasteiger partial charge in [0.15, 0.2) is 0 Å². The van der Waals surface area contributed by atoms with Gasteiger partial charge in [-0.1, -0.05) is 0 Å². The van der Waals surface area contributed by atoms with Gasteiger partial charge in [0.05, 0.1) is 6.07 Å². The molecule has 0 aromatic rings. The van der Waals surface area contributed by atoms with Crippen molar-refractivity contribution in [3.8, 4) is 6.07 Å². The van der Waals surface area contributed by atoms with Gasteiger partial charge in [-0.3, -0.25) is 0 Å². The summed E-state index contributed by atoms with van der Waals surface area (Å²) >= 11 is 0. The van der Waals surface area contributed by atoms with Crippen LogP contribution < -0.4 is 16.0 Å². The van der Waals surface area contributed by atoms with Crippen LogP contribution in [0, 0.1) is 11.3 Å². The van der Waals surface area contributed by atoms with E-state index in [0.717, 1.165) is 18.5 Å². The second-order valence-corrected chi connectivity index (χ2v) is 3.56. The van der Waals surface area contributed by atoms with E-state index in [1.54, 1.807) is 6.08 Å². The fourth-order valence-electron chi connectivity index (χ4n) is 1.50. The average Bonchev–Trinajstić information content (AvgIpc) is 2.27. The number of allylic oxidation sites excluding steroid dienone is 2. The number of nitrogens with one attached hydrogen (secondary N) is 3. The number of rotatable bonds is 7. The van der Waals surface area contributed by atoms with E-state index in [2.05, 4.69) is 22.9 Å². The molecule has 0 amide bonds. The van der Waals surface area contributed by atoms with Crippen LogP contribution in [0.5, 0.6) is 0 Å². The van der Waals surface area contributed by atoms with Gasteiger partial charge in [-0.25, -0.2) is 0 Å². The summed E-state index contributed by atoms with van der Waals surface area (Å²) in [7, 11) is 5.77. The molecule has 0 spiro atoms. The van der Waals surface area contributed by atoms with Gasteiger partial charge in [0.2, 0.25) is 0 Å². The van der Waals surface area contributed by atoms with Crippen molar-refractivity contribution >= 4 is 0 Å². The number of nitriles is 1. The van der Waals surface area contributed by atoms with Crippen molar-refractivity contribution in [2.45, 2.75) is 31.8 Å². The maximum absolute atomic E-state index is 8.55. The minimum atomic E-state index is 0.422. The van der Waals surface area contributed by atoms with Gasteiger partial charge in [-0.15, -0.1) is 0 Å². The summed E-state index contributed by atoms with van der Waals surface area (Å²) in [5, 5.41) is 18.1. The first-order chi connectivity index (χ1) is 7.19. The predicted octanol–water partition coefficient (Wildman–Crippen LogP) is 0.589. The van der Waals surface area contributed by atoms with Gasteiger partial charge in [0, 0.05) is 30.9 Å². The number of likely N-dealkylation sites (N-methyl/N-ethyl adjacent to an activating group) is 2. The maximum atomic E-state index is 8.55. The van der Waals surface area contributed by atoms with Crippen molar-refractivity contribution in [1.82, 2.24) is 16.0 Å². The van der Waals surface area contributed by atoms with E-state index in [-0.39, 0.29) is 0 Å². The Balaban J connectivity index is 4.10. The molecule has 0 aromatic heterocycles. The molecule has 2 unspecified atom stereocenters. The normalized spacial score (nSPS) is 15.5. The molecule has 0 bridgehead atoms. The molecular weight excluding hydrogens is 188 g/mol. The molecule has 4 nitrogen and oxygen atoms in total. The Morgan fingerprint density at radius 2 is 2.00 bits per heavy atom. The molecule has 0 radical (unpaired) electrons. The van der Waals surface area contributed by atoms with Crippen molar-refractivity contribution in [3.05, 3.63) is 11.8 Å². The van der Waals surface area contributed by atoms with E-state index in [1.807, 2.05) is 27.2 Å². The van der Waals surface area contributed by atoms with E-state index in [9.17, 15) is 0 Å². The van der Waals surface area contributed by atoms with E-state index < -0.39 is 0 Å². The van der Waals surface area contributed by atoms with Crippen LogP contribution in [-0.2, 0) is 0 Å². The van der Waals surface area contributed by atoms with Crippen LogP contribution in [-0.4, -0.2) is 33.2 Å². The molecule has 0 saturated heterocycles. The fraction of sp³-hybridized carbons (Fsp3) is 0.727. The Hall–Kier alpha value is -1.05. The van der Waals surface area contributed by atoms with Gasteiger partial charge >= 0.3 is 0 Å². The summed E-state index contributed by atoms with van der Waals surface area (Å²) in [4.78, 5) is 0. The summed E-state index contributed by atoms with van der Waals surface area (Å²) < 4.78 is 0. The molecule has 0 aliphatic rings. The number of hydrogen-bond donors (Lipinski definition) is 3. The Bertz CT molecular complexity index is 229. The number of hydrogen-bond acceptors (Lipinski definition) is 4. The Labute approximate surface area is 92.7 Å². The minimum Gasteiger partial charge on any atom is -0.391 e. The van der Waals surface area contributed by atoms with Crippen molar-refractivity contribution in [3.63, 3.8) is 0 Å². The molecule has 0 fully saturated rings. The lowest BCUT2D eigenvalue weighted by atomic mass is 10.0. The molecule has 0 aliphatic heterocycles. The molecule has 0 aliphatic carbocycles. The first-order valence-corrected chi connectivity index (χ1v) is 5.30. The van der Waals surface area contributed by atoms with Gasteiger partial charge in [0.25, 0.3) is 0 Å². The Kier molecular flexibility index (Phi) is 7.69. The van der Waals surface area contributed by atoms with Crippen molar-refractivity contribution in [2.24, 2.45) is 0 Å². The van der Waals surface area contributed by atoms with Crippen LogP contribution in [0.25, 0.3) is 0 Å². The zero-order valence-corrected chi connectivity index (χ0v) is 10.1. The van der Waals surface area contributed by atoms with Gasteiger partial charge in [-0.05, 0) is 33.9 Å². The highest BCUT2D eigenvalue weighted by Crippen LogP contribution is 2.07. The van der Waals surface area contributed by atoms with Crippen LogP contribution in [0.4, 0.5) is 0 Å². The summed E-state index contributed by atoms with van der Waals surface area (Å²) in [6.07, 6.45) is 3.46. The van der Waals surface area contributed by atoms with E-state index in [0.29, 0.717) is 12.1 Å². The van der Waals surface area contributed by atoms with Crippen LogP contribution in [0.2, 0.25) is 0 Å². The molecule has 3 N–H and O–H groups in total. The molecule has 0 rings (SSSR count). The van der Waals surface area contributed by atoms with E-state index in [4.69, 9.17) is 5.26 Å². The van der Waals surface area contributed by atoms with E-state index >= 15 is 0 Å². The molecule has 2 atom stereocenters. The lowest BCUT2D eigenvalue weighted by molar-refractivity contribution is 0.407. The zero-order chi connectivity index (χ0) is 11.7. The third kappa shape index (κ3) is 5.40. The summed E-state index contributed by atoms with van der Waals surface area (Å²) in [5.41, 5.74) is 0.987. The largest absolute Gasteiger partial charge is 0.391 e. The molecule has 0 aromatic carbocycles. The van der Waals surface area contributed by atoms with Crippen molar-refractivity contribution < 1.29 is 0 Å². The number of nitrogens with zero attached hydrogens (tertiary/aromatic N) is 1. The predicted molar refractivity (Wildman–Crippen MR) is 63.4 cm³/mol. The van der Waals surface area contributed by atoms with Gasteiger partial charge < -0.3 is 16.0 Å². The van der Waals surface area contributed by atoms with Gasteiger partial charge in [0.1, 0.15) is 0 Å². The maximum Gasteiger partial charge on any atom is 0.0930 e. The highest BCUT2D eigenvalue weighted by Gasteiger charge is 2.13. The summed E-state index contributed by atoms with van der Waals surface area (Å²) in [6.45, 7) is 2.15. The lowest BCUT2D eigenvalue weighted by Gasteiger charge is -2.23.